The number of carbonyl (C=O) groups is 1. The summed E-state index contributed by atoms with van der Waals surface area (Å²) in [4.78, 5) is 15.7. The maximum Gasteiger partial charge on any atom is 0.445 e. The minimum Gasteiger partial charge on any atom is -0.343 e. The van der Waals surface area contributed by atoms with Crippen LogP contribution in [0.1, 0.15) is 44.5 Å². The molecular formula is C15H24F3N5OS. The highest BCUT2D eigenvalue weighted by Crippen LogP contribution is 2.34. The molecule has 142 valence electrons. The third-order valence-corrected chi connectivity index (χ3v) is 5.13. The maximum absolute atomic E-state index is 12.6. The van der Waals surface area contributed by atoms with Gasteiger partial charge in [-0.3, -0.25) is 0 Å². The Kier molecular flexibility index (Phi) is 6.86. The van der Waals surface area contributed by atoms with E-state index in [1.807, 2.05) is 6.92 Å². The van der Waals surface area contributed by atoms with Crippen LogP contribution in [0.2, 0.25) is 0 Å². The van der Waals surface area contributed by atoms with E-state index < -0.39 is 11.2 Å². The van der Waals surface area contributed by atoms with E-state index in [1.165, 1.54) is 0 Å². The zero-order valence-corrected chi connectivity index (χ0v) is 15.3. The largest absolute Gasteiger partial charge is 0.445 e. The molecule has 2 amide bonds. The van der Waals surface area contributed by atoms with Crippen LogP contribution in [0, 0.1) is 0 Å². The fourth-order valence-electron chi connectivity index (χ4n) is 2.63. The first kappa shape index (κ1) is 19.7. The monoisotopic (exact) mass is 379 g/mol. The van der Waals surface area contributed by atoms with Gasteiger partial charge in [0.25, 0.3) is 0 Å². The van der Waals surface area contributed by atoms with Gasteiger partial charge in [-0.15, -0.1) is 10.2 Å². The van der Waals surface area contributed by atoms with Crippen molar-refractivity contribution in [1.82, 2.24) is 20.4 Å². The molecule has 1 aromatic rings. The summed E-state index contributed by atoms with van der Waals surface area (Å²) in [5.74, 6) is 0. The summed E-state index contributed by atoms with van der Waals surface area (Å²) >= 11 is 0.537. The molecule has 6 nitrogen and oxygen atoms in total. The molecule has 1 aromatic heterocycles. The molecule has 0 saturated carbocycles. The molecule has 25 heavy (non-hydrogen) atoms. The van der Waals surface area contributed by atoms with Gasteiger partial charge < -0.3 is 15.1 Å². The lowest BCUT2D eigenvalue weighted by atomic mass is 10.1. The molecule has 2 rings (SSSR count). The Balaban J connectivity index is 1.79. The van der Waals surface area contributed by atoms with E-state index in [2.05, 4.69) is 22.4 Å². The van der Waals surface area contributed by atoms with Gasteiger partial charge in [0.05, 0.1) is 0 Å². The first-order valence-corrected chi connectivity index (χ1v) is 9.34. The highest BCUT2D eigenvalue weighted by Gasteiger charge is 2.36. The van der Waals surface area contributed by atoms with Gasteiger partial charge >= 0.3 is 12.2 Å². The van der Waals surface area contributed by atoms with Crippen LogP contribution in [0.15, 0.2) is 0 Å². The standard InChI is InChI=1S/C15H24F3N5OS/c1-3-4-5-6-11(2)19-13(24)22-7-9-23(10-8-22)14-21-20-12(25-14)15(16,17)18/h11H,3-10H2,1-2H3,(H,19,24)/t11-/m1/s1. The zero-order valence-electron chi connectivity index (χ0n) is 14.5. The van der Waals surface area contributed by atoms with E-state index in [-0.39, 0.29) is 17.2 Å². The minimum atomic E-state index is -4.47. The van der Waals surface area contributed by atoms with Crippen LogP contribution in [-0.2, 0) is 6.18 Å². The van der Waals surface area contributed by atoms with Crippen LogP contribution in [-0.4, -0.2) is 53.3 Å². The molecule has 0 bridgehead atoms. The number of amides is 2. The molecule has 0 spiro atoms. The summed E-state index contributed by atoms with van der Waals surface area (Å²) in [5.41, 5.74) is 0. The van der Waals surface area contributed by atoms with Crippen molar-refractivity contribution in [3.8, 4) is 0 Å². The lowest BCUT2D eigenvalue weighted by Gasteiger charge is -2.34. The van der Waals surface area contributed by atoms with Crippen LogP contribution >= 0.6 is 11.3 Å². The number of anilines is 1. The van der Waals surface area contributed by atoms with E-state index in [4.69, 9.17) is 0 Å². The highest BCUT2D eigenvalue weighted by atomic mass is 32.1. The van der Waals surface area contributed by atoms with Crippen LogP contribution < -0.4 is 10.2 Å². The van der Waals surface area contributed by atoms with E-state index in [0.29, 0.717) is 37.5 Å². The van der Waals surface area contributed by atoms with Crippen LogP contribution in [0.5, 0.6) is 0 Å². The van der Waals surface area contributed by atoms with Crippen LogP contribution in [0.3, 0.4) is 0 Å². The van der Waals surface area contributed by atoms with Crippen molar-refractivity contribution in [2.24, 2.45) is 0 Å². The summed E-state index contributed by atoms with van der Waals surface area (Å²) in [6, 6.07) is 0.00600. The SMILES string of the molecule is CCCCC[C@@H](C)NC(=O)N1CCN(c2nnc(C(F)(F)F)s2)CC1. The molecule has 2 heterocycles. The molecule has 10 heteroatoms. The van der Waals surface area contributed by atoms with Gasteiger partial charge in [0.2, 0.25) is 10.1 Å². The van der Waals surface area contributed by atoms with Crippen molar-refractivity contribution in [2.75, 3.05) is 31.1 Å². The summed E-state index contributed by atoms with van der Waals surface area (Å²) in [7, 11) is 0. The van der Waals surface area contributed by atoms with E-state index >= 15 is 0 Å². The molecular weight excluding hydrogens is 355 g/mol. The Hall–Kier alpha value is -1.58. The minimum absolute atomic E-state index is 0.114. The Morgan fingerprint density at radius 2 is 1.92 bits per heavy atom. The molecule has 1 saturated heterocycles. The van der Waals surface area contributed by atoms with Gasteiger partial charge in [0.15, 0.2) is 0 Å². The number of hydrogen-bond acceptors (Lipinski definition) is 5. The molecule has 1 N–H and O–H groups in total. The average molecular weight is 379 g/mol. The summed E-state index contributed by atoms with van der Waals surface area (Å²) in [6.45, 7) is 5.93. The van der Waals surface area contributed by atoms with Crippen LogP contribution in [0.25, 0.3) is 0 Å². The van der Waals surface area contributed by atoms with Gasteiger partial charge in [0.1, 0.15) is 0 Å². The molecule has 0 aliphatic carbocycles. The predicted octanol–water partition coefficient (Wildman–Crippen LogP) is 3.36. The topological polar surface area (TPSA) is 61.4 Å². The van der Waals surface area contributed by atoms with E-state index in [0.717, 1.165) is 25.7 Å². The van der Waals surface area contributed by atoms with Crippen molar-refractivity contribution in [3.63, 3.8) is 0 Å². The summed E-state index contributed by atoms with van der Waals surface area (Å²) in [5, 5.41) is 9.11. The van der Waals surface area contributed by atoms with E-state index in [1.54, 1.807) is 9.80 Å². The normalized spacial score (nSPS) is 16.8. The Morgan fingerprint density at radius 1 is 1.24 bits per heavy atom. The number of unbranched alkanes of at least 4 members (excludes halogenated alkanes) is 2. The number of nitrogens with zero attached hydrogens (tertiary/aromatic N) is 4. The number of hydrogen-bond donors (Lipinski definition) is 1. The van der Waals surface area contributed by atoms with Crippen LogP contribution in [0.4, 0.5) is 23.1 Å². The molecule has 0 radical (unpaired) electrons. The Bertz CT molecular complexity index is 558. The van der Waals surface area contributed by atoms with Crippen molar-refractivity contribution in [3.05, 3.63) is 5.01 Å². The van der Waals surface area contributed by atoms with Crippen molar-refractivity contribution >= 4 is 22.5 Å². The average Bonchev–Trinajstić information content (AvgIpc) is 3.05. The number of aromatic nitrogens is 2. The molecule has 1 aliphatic heterocycles. The first-order chi connectivity index (χ1) is 11.8. The number of halogens is 3. The molecule has 0 aromatic carbocycles. The zero-order chi connectivity index (χ0) is 18.4. The predicted molar refractivity (Wildman–Crippen MR) is 90.8 cm³/mol. The lowest BCUT2D eigenvalue weighted by molar-refractivity contribution is -0.138. The third-order valence-electron chi connectivity index (χ3n) is 4.10. The quantitative estimate of drug-likeness (QED) is 0.770. The number of nitrogens with one attached hydrogen (secondary N) is 1. The number of piperazine rings is 1. The number of urea groups is 1. The number of alkyl halides is 3. The third kappa shape index (κ3) is 5.72. The van der Waals surface area contributed by atoms with Crippen molar-refractivity contribution in [1.29, 1.82) is 0 Å². The van der Waals surface area contributed by atoms with Crippen molar-refractivity contribution < 1.29 is 18.0 Å². The highest BCUT2D eigenvalue weighted by molar-refractivity contribution is 7.15. The Morgan fingerprint density at radius 3 is 2.48 bits per heavy atom. The Labute approximate surface area is 149 Å². The number of carbonyl (C=O) groups excluding carboxylic acids is 1. The second-order valence-corrected chi connectivity index (χ2v) is 7.16. The molecule has 0 unspecified atom stereocenters. The van der Waals surface area contributed by atoms with Gasteiger partial charge in [0, 0.05) is 32.2 Å². The second kappa shape index (κ2) is 8.68. The molecule has 1 atom stereocenters. The van der Waals surface area contributed by atoms with Gasteiger partial charge in [-0.1, -0.05) is 37.5 Å². The van der Waals surface area contributed by atoms with Crippen molar-refractivity contribution in [2.45, 2.75) is 51.7 Å². The van der Waals surface area contributed by atoms with Gasteiger partial charge in [-0.05, 0) is 13.3 Å². The maximum atomic E-state index is 12.6. The fraction of sp³-hybridized carbons (Fsp3) is 0.800. The fourth-order valence-corrected chi connectivity index (χ4v) is 3.40. The summed E-state index contributed by atoms with van der Waals surface area (Å²) < 4.78 is 37.8. The molecule has 1 aliphatic rings. The smallest absolute Gasteiger partial charge is 0.343 e. The number of rotatable bonds is 6. The first-order valence-electron chi connectivity index (χ1n) is 8.52. The second-order valence-electron chi connectivity index (χ2n) is 6.21. The summed E-state index contributed by atoms with van der Waals surface area (Å²) in [6.07, 6.45) is -0.134. The van der Waals surface area contributed by atoms with E-state index in [9.17, 15) is 18.0 Å². The van der Waals surface area contributed by atoms with Gasteiger partial charge in [-0.2, -0.15) is 13.2 Å². The van der Waals surface area contributed by atoms with Gasteiger partial charge in [-0.25, -0.2) is 4.79 Å². The lowest BCUT2D eigenvalue weighted by Crippen LogP contribution is -2.53. The molecule has 1 fully saturated rings.